The van der Waals surface area contributed by atoms with Gasteiger partial charge >= 0.3 is 0 Å². The minimum atomic E-state index is -0.0879. The third-order valence-corrected chi connectivity index (χ3v) is 4.46. The maximum atomic E-state index is 4.03. The van der Waals surface area contributed by atoms with E-state index in [0.29, 0.717) is 6.04 Å². The molecule has 0 fully saturated rings. The van der Waals surface area contributed by atoms with Crippen LogP contribution in [-0.2, 0) is 0 Å². The van der Waals surface area contributed by atoms with E-state index in [2.05, 4.69) is 44.6 Å². The maximum absolute atomic E-state index is 4.03. The second-order valence-corrected chi connectivity index (χ2v) is 6.41. The van der Waals surface area contributed by atoms with E-state index >= 15 is 0 Å². The van der Waals surface area contributed by atoms with E-state index in [0.717, 1.165) is 19.5 Å². The zero-order valence-electron chi connectivity index (χ0n) is 15.4. The summed E-state index contributed by atoms with van der Waals surface area (Å²) in [6.07, 6.45) is 15.1. The third kappa shape index (κ3) is 9.42. The topological polar surface area (TPSA) is 24.1 Å². The van der Waals surface area contributed by atoms with Crippen LogP contribution < -0.4 is 10.6 Å². The van der Waals surface area contributed by atoms with Crippen LogP contribution in [0.25, 0.3) is 0 Å². The zero-order chi connectivity index (χ0) is 16.7. The van der Waals surface area contributed by atoms with Crippen molar-refractivity contribution in [2.45, 2.75) is 90.1 Å². The summed E-state index contributed by atoms with van der Waals surface area (Å²) < 4.78 is 0. The van der Waals surface area contributed by atoms with Gasteiger partial charge in [-0.3, -0.25) is 0 Å². The lowest BCUT2D eigenvalue weighted by molar-refractivity contribution is 0.385. The highest BCUT2D eigenvalue weighted by Crippen LogP contribution is 2.19. The Hall–Kier alpha value is -0.600. The molecule has 22 heavy (non-hydrogen) atoms. The van der Waals surface area contributed by atoms with Crippen LogP contribution in [0.1, 0.15) is 78.6 Å². The molecule has 0 saturated carbocycles. The average Bonchev–Trinajstić information content (AvgIpc) is 2.54. The van der Waals surface area contributed by atoms with E-state index in [1.165, 1.54) is 51.4 Å². The van der Waals surface area contributed by atoms with Crippen molar-refractivity contribution >= 4 is 0 Å². The maximum Gasteiger partial charge on any atom is 0.0544 e. The molecule has 0 aliphatic carbocycles. The summed E-state index contributed by atoms with van der Waals surface area (Å²) in [7, 11) is 0. The first-order valence-electron chi connectivity index (χ1n) is 9.43. The van der Waals surface area contributed by atoms with Crippen molar-refractivity contribution in [3.05, 3.63) is 25.3 Å². The molecule has 2 heteroatoms. The van der Waals surface area contributed by atoms with Crippen molar-refractivity contribution in [2.75, 3.05) is 13.1 Å². The Morgan fingerprint density at radius 1 is 0.864 bits per heavy atom. The summed E-state index contributed by atoms with van der Waals surface area (Å²) in [6.45, 7) is 17.0. The number of hydrogen-bond acceptors (Lipinski definition) is 2. The lowest BCUT2D eigenvalue weighted by Gasteiger charge is -2.29. The lowest BCUT2D eigenvalue weighted by Crippen LogP contribution is -2.42. The Kier molecular flexibility index (Phi) is 13.6. The molecular weight excluding hydrogens is 268 g/mol. The largest absolute Gasteiger partial charge is 0.314 e. The van der Waals surface area contributed by atoms with Gasteiger partial charge in [-0.15, -0.1) is 13.2 Å². The van der Waals surface area contributed by atoms with Gasteiger partial charge in [0.1, 0.15) is 0 Å². The zero-order valence-corrected chi connectivity index (χ0v) is 15.4. The molecule has 0 aromatic carbocycles. The summed E-state index contributed by atoms with van der Waals surface area (Å²) in [5, 5.41) is 7.36. The molecule has 0 heterocycles. The van der Waals surface area contributed by atoms with Crippen molar-refractivity contribution in [2.24, 2.45) is 0 Å². The molecule has 1 atom stereocenters. The minimum absolute atomic E-state index is 0.0879. The van der Waals surface area contributed by atoms with Gasteiger partial charge in [0.2, 0.25) is 0 Å². The van der Waals surface area contributed by atoms with Crippen LogP contribution in [0, 0.1) is 0 Å². The first kappa shape index (κ1) is 21.4. The molecule has 1 unspecified atom stereocenters. The second-order valence-electron chi connectivity index (χ2n) is 6.41. The SMILES string of the molecule is C=CC(C=C)(CCCC(CCC)NCCCC)NCCCC. The van der Waals surface area contributed by atoms with Crippen LogP contribution in [0.3, 0.4) is 0 Å². The van der Waals surface area contributed by atoms with Crippen LogP contribution in [0.5, 0.6) is 0 Å². The van der Waals surface area contributed by atoms with Gasteiger partial charge in [0.25, 0.3) is 0 Å². The molecule has 0 aromatic rings. The summed E-state index contributed by atoms with van der Waals surface area (Å²) in [4.78, 5) is 0. The molecule has 2 N–H and O–H groups in total. The van der Waals surface area contributed by atoms with Crippen LogP contribution in [0.2, 0.25) is 0 Å². The van der Waals surface area contributed by atoms with Gasteiger partial charge in [-0.25, -0.2) is 0 Å². The lowest BCUT2D eigenvalue weighted by atomic mass is 9.90. The molecule has 0 spiro atoms. The number of unbranched alkanes of at least 4 members (excludes halogenated alkanes) is 2. The van der Waals surface area contributed by atoms with Crippen molar-refractivity contribution < 1.29 is 0 Å². The molecule has 0 bridgehead atoms. The quantitative estimate of drug-likeness (QED) is 0.302. The number of nitrogens with one attached hydrogen (secondary N) is 2. The van der Waals surface area contributed by atoms with E-state index in [1.54, 1.807) is 0 Å². The van der Waals surface area contributed by atoms with E-state index in [9.17, 15) is 0 Å². The minimum Gasteiger partial charge on any atom is -0.314 e. The molecular formula is C20H40N2. The van der Waals surface area contributed by atoms with Crippen LogP contribution >= 0.6 is 0 Å². The predicted octanol–water partition coefficient (Wildman–Crippen LogP) is 5.22. The summed E-state index contributed by atoms with van der Waals surface area (Å²) >= 11 is 0. The fourth-order valence-corrected chi connectivity index (χ4v) is 2.84. The Morgan fingerprint density at radius 3 is 2.05 bits per heavy atom. The van der Waals surface area contributed by atoms with E-state index in [4.69, 9.17) is 0 Å². The smallest absolute Gasteiger partial charge is 0.0544 e. The van der Waals surface area contributed by atoms with E-state index in [1.807, 2.05) is 12.2 Å². The number of rotatable bonds is 16. The third-order valence-electron chi connectivity index (χ3n) is 4.46. The predicted molar refractivity (Wildman–Crippen MR) is 101 cm³/mol. The molecule has 0 saturated heterocycles. The van der Waals surface area contributed by atoms with Gasteiger partial charge in [0, 0.05) is 6.04 Å². The van der Waals surface area contributed by atoms with Gasteiger partial charge in [-0.2, -0.15) is 0 Å². The fraction of sp³-hybridized carbons (Fsp3) is 0.800. The van der Waals surface area contributed by atoms with Crippen molar-refractivity contribution in [1.29, 1.82) is 0 Å². The van der Waals surface area contributed by atoms with Crippen LogP contribution in [0.15, 0.2) is 25.3 Å². The summed E-state index contributed by atoms with van der Waals surface area (Å²) in [6, 6.07) is 0.666. The molecule has 0 aromatic heterocycles. The van der Waals surface area contributed by atoms with Gasteiger partial charge in [0.05, 0.1) is 5.54 Å². The molecule has 0 rings (SSSR count). The highest BCUT2D eigenvalue weighted by atomic mass is 15.0. The first-order chi connectivity index (χ1) is 10.7. The molecule has 2 nitrogen and oxygen atoms in total. The normalized spacial score (nSPS) is 13.0. The van der Waals surface area contributed by atoms with Crippen LogP contribution in [-0.4, -0.2) is 24.7 Å². The molecule has 130 valence electrons. The Balaban J connectivity index is 4.25. The highest BCUT2D eigenvalue weighted by Gasteiger charge is 2.21. The van der Waals surface area contributed by atoms with Crippen molar-refractivity contribution in [3.63, 3.8) is 0 Å². The van der Waals surface area contributed by atoms with Crippen molar-refractivity contribution in [3.8, 4) is 0 Å². The second kappa shape index (κ2) is 14.0. The molecule has 0 amide bonds. The molecule has 0 aliphatic rings. The Morgan fingerprint density at radius 2 is 1.50 bits per heavy atom. The average molecular weight is 309 g/mol. The van der Waals surface area contributed by atoms with E-state index < -0.39 is 0 Å². The highest BCUT2D eigenvalue weighted by molar-refractivity contribution is 5.14. The summed E-state index contributed by atoms with van der Waals surface area (Å²) in [5.74, 6) is 0. The van der Waals surface area contributed by atoms with Gasteiger partial charge < -0.3 is 10.6 Å². The Labute approximate surface area is 139 Å². The Bertz CT molecular complexity index is 265. The van der Waals surface area contributed by atoms with Crippen LogP contribution in [0.4, 0.5) is 0 Å². The van der Waals surface area contributed by atoms with Gasteiger partial charge in [-0.05, 0) is 51.6 Å². The monoisotopic (exact) mass is 308 g/mol. The fourth-order valence-electron chi connectivity index (χ4n) is 2.84. The first-order valence-corrected chi connectivity index (χ1v) is 9.43. The standard InChI is InChI=1S/C20H40N2/c1-6-11-17-21-19(14-8-3)15-13-16-20(9-4,10-5)22-18-12-7-2/h9-10,19,21-22H,4-8,11-18H2,1-3H3. The van der Waals surface area contributed by atoms with Gasteiger partial charge in [0.15, 0.2) is 0 Å². The number of hydrogen-bond donors (Lipinski definition) is 2. The molecule has 0 radical (unpaired) electrons. The van der Waals surface area contributed by atoms with Gasteiger partial charge in [-0.1, -0.05) is 52.2 Å². The van der Waals surface area contributed by atoms with Crippen molar-refractivity contribution in [1.82, 2.24) is 10.6 Å². The van der Waals surface area contributed by atoms with E-state index in [-0.39, 0.29) is 5.54 Å². The molecule has 0 aliphatic heterocycles. The summed E-state index contributed by atoms with van der Waals surface area (Å²) in [5.41, 5.74) is -0.0879.